The predicted molar refractivity (Wildman–Crippen MR) is 94.7 cm³/mol. The Kier molecular flexibility index (Phi) is 17.6. The Morgan fingerprint density at radius 3 is 1.85 bits per heavy atom. The normalized spacial score (nSPS) is 11.0. The summed E-state index contributed by atoms with van der Waals surface area (Å²) in [5, 5.41) is 11.1. The van der Waals surface area contributed by atoms with Gasteiger partial charge in [0, 0.05) is 25.2 Å². The van der Waals surface area contributed by atoms with Crippen LogP contribution in [-0.4, -0.2) is 41.3 Å². The number of carbonyl (C=O) groups is 4. The van der Waals surface area contributed by atoms with E-state index in [2.05, 4.69) is 6.58 Å². The number of hydrogen-bond acceptors (Lipinski definition) is 6. The molecule has 0 aromatic carbocycles. The molecular weight excluding hydrogens is 361 g/mol. The Bertz CT molecular complexity index is 473. The summed E-state index contributed by atoms with van der Waals surface area (Å²) in [6, 6.07) is -1.51. The van der Waals surface area contributed by atoms with E-state index >= 15 is 0 Å². The average molecular weight is 391 g/mol. The van der Waals surface area contributed by atoms with Crippen molar-refractivity contribution in [2.45, 2.75) is 77.7 Å². The van der Waals surface area contributed by atoms with Crippen LogP contribution in [0.5, 0.6) is 0 Å². The molecule has 0 aliphatic rings. The third-order valence-electron chi connectivity index (χ3n) is 3.81. The molecule has 1 unspecified atom stereocenters. The molecule has 0 bridgehead atoms. The summed E-state index contributed by atoms with van der Waals surface area (Å²) in [6.07, 6.45) is 5.20. The van der Waals surface area contributed by atoms with Crippen molar-refractivity contribution in [1.29, 1.82) is 0 Å². The van der Waals surface area contributed by atoms with Crippen LogP contribution in [-0.2, 0) is 23.9 Å². The number of imide groups is 1. The van der Waals surface area contributed by atoms with Gasteiger partial charge in [-0.05, 0) is 12.8 Å². The van der Waals surface area contributed by atoms with Gasteiger partial charge in [-0.3, -0.25) is 14.5 Å². The molecule has 8 heteroatoms. The number of aliphatic carboxylic acids is 1. The Morgan fingerprint density at radius 2 is 1.48 bits per heavy atom. The zero-order valence-electron chi connectivity index (χ0n) is 16.8. The number of carboxylic acids is 1. The summed E-state index contributed by atoms with van der Waals surface area (Å²) in [6.45, 7) is 7.23. The zero-order valence-corrected chi connectivity index (χ0v) is 18.8. The van der Waals surface area contributed by atoms with Gasteiger partial charge in [0.15, 0.2) is 0 Å². The van der Waals surface area contributed by atoms with Gasteiger partial charge in [0.2, 0.25) is 11.8 Å². The number of unbranched alkanes of at least 4 members (excludes halogenated alkanes) is 4. The Labute approximate surface area is 183 Å². The molecule has 0 spiro atoms. The first-order valence-corrected chi connectivity index (χ1v) is 9.21. The van der Waals surface area contributed by atoms with E-state index in [0.29, 0.717) is 12.8 Å². The Balaban J connectivity index is 0. The fraction of sp³-hybridized carbons (Fsp3) is 0.684. The van der Waals surface area contributed by atoms with E-state index in [9.17, 15) is 24.3 Å². The van der Waals surface area contributed by atoms with Gasteiger partial charge in [0.25, 0.3) is 0 Å². The molecule has 0 aromatic rings. The monoisotopic (exact) mass is 391 g/mol. The Hall–Kier alpha value is -1.18. The van der Waals surface area contributed by atoms with Crippen LogP contribution in [0.3, 0.4) is 0 Å². The van der Waals surface area contributed by atoms with Crippen LogP contribution < -0.4 is 34.7 Å². The van der Waals surface area contributed by atoms with Crippen LogP contribution in [0, 0.1) is 0 Å². The van der Waals surface area contributed by atoms with Crippen molar-refractivity contribution in [3.63, 3.8) is 0 Å². The van der Waals surface area contributed by atoms with Crippen molar-refractivity contribution >= 4 is 23.8 Å². The minimum atomic E-state index is -1.53. The van der Waals surface area contributed by atoms with E-state index < -0.39 is 36.2 Å². The summed E-state index contributed by atoms with van der Waals surface area (Å²) in [4.78, 5) is 49.2. The molecule has 148 valence electrons. The molecule has 2 amide bonds. The molecule has 0 aliphatic heterocycles. The number of ether oxygens (including phenoxy) is 1. The number of rotatable bonds is 14. The molecule has 0 fully saturated rings. The van der Waals surface area contributed by atoms with Crippen molar-refractivity contribution in [2.75, 3.05) is 6.61 Å². The van der Waals surface area contributed by atoms with Gasteiger partial charge in [0.05, 0.1) is 0 Å². The number of nitrogens with zero attached hydrogens (tertiary/aromatic N) is 1. The topological polar surface area (TPSA) is 104 Å². The molecular formula is C19H30NNaO6. The molecule has 0 N–H and O–H groups in total. The van der Waals surface area contributed by atoms with Crippen LogP contribution in [0.25, 0.3) is 0 Å². The van der Waals surface area contributed by atoms with Crippen molar-refractivity contribution in [2.24, 2.45) is 0 Å². The maximum atomic E-state index is 12.6. The molecule has 0 radical (unpaired) electrons. The number of amides is 2. The summed E-state index contributed by atoms with van der Waals surface area (Å²) in [5.74, 6) is -3.58. The second-order valence-corrected chi connectivity index (χ2v) is 6.08. The number of carboxylic acid groups (broad SMARTS) is 1. The van der Waals surface area contributed by atoms with Crippen LogP contribution in [0.4, 0.5) is 0 Å². The largest absolute Gasteiger partial charge is 1.00 e. The molecule has 7 nitrogen and oxygen atoms in total. The van der Waals surface area contributed by atoms with Gasteiger partial charge in [-0.1, -0.05) is 52.2 Å². The minimum Gasteiger partial charge on any atom is -0.550 e. The van der Waals surface area contributed by atoms with E-state index in [1.165, 1.54) is 6.08 Å². The minimum absolute atomic E-state index is 0. The SMILES string of the molecule is C=CCOC(=O)C(CC(=O)[O-])N(C(=O)CCCCC)C(=O)CCCCC.[Na+]. The van der Waals surface area contributed by atoms with E-state index in [4.69, 9.17) is 4.74 Å². The van der Waals surface area contributed by atoms with Gasteiger partial charge in [-0.15, -0.1) is 0 Å². The zero-order chi connectivity index (χ0) is 19.9. The summed E-state index contributed by atoms with van der Waals surface area (Å²) >= 11 is 0. The van der Waals surface area contributed by atoms with Gasteiger partial charge in [-0.25, -0.2) is 4.79 Å². The van der Waals surface area contributed by atoms with Crippen LogP contribution in [0.1, 0.15) is 71.6 Å². The van der Waals surface area contributed by atoms with E-state index in [-0.39, 0.29) is 49.0 Å². The molecule has 1 atom stereocenters. The van der Waals surface area contributed by atoms with E-state index in [0.717, 1.165) is 30.6 Å². The average Bonchev–Trinajstić information content (AvgIpc) is 2.59. The number of hydrogen-bond donors (Lipinski definition) is 0. The smallest absolute Gasteiger partial charge is 0.550 e. The molecule has 0 rings (SSSR count). The fourth-order valence-corrected chi connectivity index (χ4v) is 2.46. The second kappa shape index (κ2) is 17.0. The standard InChI is InChI=1S/C19H31NO6.Na/c1-4-7-9-11-16(21)20(17(22)12-10-8-5-2)15(14-18(23)24)19(25)26-13-6-3;/h6,15H,3-5,7-14H2,1-2H3,(H,23,24);/q;+1/p-1. The second-order valence-electron chi connectivity index (χ2n) is 6.08. The number of esters is 1. The summed E-state index contributed by atoms with van der Waals surface area (Å²) in [7, 11) is 0. The van der Waals surface area contributed by atoms with Crippen molar-refractivity contribution in [3.05, 3.63) is 12.7 Å². The first-order chi connectivity index (χ1) is 12.4. The first-order valence-electron chi connectivity index (χ1n) is 9.21. The van der Waals surface area contributed by atoms with Crippen LogP contribution >= 0.6 is 0 Å². The van der Waals surface area contributed by atoms with Crippen molar-refractivity contribution < 1.29 is 58.6 Å². The molecule has 0 heterocycles. The van der Waals surface area contributed by atoms with E-state index in [1.54, 1.807) is 0 Å². The Morgan fingerprint density at radius 1 is 1.00 bits per heavy atom. The summed E-state index contributed by atoms with van der Waals surface area (Å²) in [5.41, 5.74) is 0. The third kappa shape index (κ3) is 12.0. The maximum absolute atomic E-state index is 12.6. The fourth-order valence-electron chi connectivity index (χ4n) is 2.46. The third-order valence-corrected chi connectivity index (χ3v) is 3.81. The molecule has 27 heavy (non-hydrogen) atoms. The maximum Gasteiger partial charge on any atom is 1.00 e. The van der Waals surface area contributed by atoms with Gasteiger partial charge in [-0.2, -0.15) is 0 Å². The quantitative estimate of drug-likeness (QED) is 0.159. The number of carbonyl (C=O) groups excluding carboxylic acids is 4. The molecule has 0 saturated carbocycles. The van der Waals surface area contributed by atoms with Crippen LogP contribution in [0.15, 0.2) is 12.7 Å². The van der Waals surface area contributed by atoms with Crippen molar-refractivity contribution in [3.8, 4) is 0 Å². The van der Waals surface area contributed by atoms with Gasteiger partial charge < -0.3 is 14.6 Å². The predicted octanol–water partition coefficient (Wildman–Crippen LogP) is -1.26. The molecule has 0 saturated heterocycles. The van der Waals surface area contributed by atoms with Gasteiger partial charge in [0.1, 0.15) is 12.6 Å². The van der Waals surface area contributed by atoms with Crippen molar-refractivity contribution in [1.82, 2.24) is 4.90 Å². The van der Waals surface area contributed by atoms with E-state index in [1.807, 2.05) is 13.8 Å². The molecule has 0 aromatic heterocycles. The first kappa shape index (κ1) is 28.0. The van der Waals surface area contributed by atoms with Crippen LogP contribution in [0.2, 0.25) is 0 Å². The van der Waals surface area contributed by atoms with Gasteiger partial charge >= 0.3 is 35.5 Å². The molecule has 0 aliphatic carbocycles. The summed E-state index contributed by atoms with van der Waals surface area (Å²) < 4.78 is 4.89.